The van der Waals surface area contributed by atoms with Gasteiger partial charge in [-0.2, -0.15) is 11.8 Å². The summed E-state index contributed by atoms with van der Waals surface area (Å²) in [7, 11) is 2.20. The van der Waals surface area contributed by atoms with Crippen LogP contribution in [0.2, 0.25) is 0 Å². The molecule has 1 saturated heterocycles. The lowest BCUT2D eigenvalue weighted by Crippen LogP contribution is -2.39. The fraction of sp³-hybridized carbons (Fsp3) is 0.615. The first-order valence-corrected chi connectivity index (χ1v) is 7.36. The van der Waals surface area contributed by atoms with Gasteiger partial charge in [-0.05, 0) is 32.4 Å². The normalized spacial score (nSPS) is 24.5. The Morgan fingerprint density at radius 3 is 3.00 bits per heavy atom. The van der Waals surface area contributed by atoms with E-state index >= 15 is 0 Å². The third-order valence-electron chi connectivity index (χ3n) is 3.35. The van der Waals surface area contributed by atoms with Gasteiger partial charge in [-0.3, -0.25) is 9.88 Å². The molecule has 0 aromatic carbocycles. The second kappa shape index (κ2) is 5.85. The molecule has 0 spiro atoms. The van der Waals surface area contributed by atoms with E-state index < -0.39 is 0 Å². The number of nitrogens with zero attached hydrogens (tertiary/aromatic N) is 2. The van der Waals surface area contributed by atoms with Gasteiger partial charge in [0, 0.05) is 36.6 Å². The quantitative estimate of drug-likeness (QED) is 0.878. The van der Waals surface area contributed by atoms with E-state index in [9.17, 15) is 0 Å². The molecule has 1 fully saturated rings. The average Bonchev–Trinajstić information content (AvgIpc) is 2.77. The zero-order valence-corrected chi connectivity index (χ0v) is 11.6. The number of aryl methyl sites for hydroxylation is 1. The van der Waals surface area contributed by atoms with Gasteiger partial charge in [-0.1, -0.05) is 6.07 Å². The molecule has 2 rings (SSSR count). The summed E-state index contributed by atoms with van der Waals surface area (Å²) >= 11 is 1.96. The van der Waals surface area contributed by atoms with E-state index in [0.29, 0.717) is 11.3 Å². The Hall–Kier alpha value is -0.580. The largest absolute Gasteiger partial charge is 0.314 e. The van der Waals surface area contributed by atoms with Crippen LogP contribution in [0, 0.1) is 6.92 Å². The zero-order valence-electron chi connectivity index (χ0n) is 10.8. The van der Waals surface area contributed by atoms with Gasteiger partial charge in [0.15, 0.2) is 0 Å². The van der Waals surface area contributed by atoms with Crippen LogP contribution >= 0.6 is 11.8 Å². The van der Waals surface area contributed by atoms with Crippen molar-refractivity contribution >= 4 is 11.8 Å². The molecule has 3 nitrogen and oxygen atoms in total. The first kappa shape index (κ1) is 12.9. The van der Waals surface area contributed by atoms with Crippen molar-refractivity contribution in [1.29, 1.82) is 0 Å². The maximum atomic E-state index is 4.57. The summed E-state index contributed by atoms with van der Waals surface area (Å²) in [4.78, 5) is 6.99. The van der Waals surface area contributed by atoms with Crippen LogP contribution in [0.15, 0.2) is 18.2 Å². The van der Waals surface area contributed by atoms with Crippen molar-refractivity contribution < 1.29 is 0 Å². The Morgan fingerprint density at radius 2 is 2.29 bits per heavy atom. The van der Waals surface area contributed by atoms with Crippen molar-refractivity contribution in [3.63, 3.8) is 0 Å². The van der Waals surface area contributed by atoms with Gasteiger partial charge in [-0.15, -0.1) is 0 Å². The Labute approximate surface area is 108 Å². The van der Waals surface area contributed by atoms with E-state index in [-0.39, 0.29) is 0 Å². The topological polar surface area (TPSA) is 28.2 Å². The van der Waals surface area contributed by atoms with Crippen LogP contribution in [0.3, 0.4) is 0 Å². The summed E-state index contributed by atoms with van der Waals surface area (Å²) in [5, 5.41) is 4.17. The maximum Gasteiger partial charge on any atom is 0.0547 e. The number of likely N-dealkylation sites (N-methyl/N-ethyl adjacent to an activating group) is 1. The van der Waals surface area contributed by atoms with Crippen LogP contribution in [0.5, 0.6) is 0 Å². The van der Waals surface area contributed by atoms with Crippen LogP contribution in [0.25, 0.3) is 0 Å². The summed E-state index contributed by atoms with van der Waals surface area (Å²) < 4.78 is 0. The standard InChI is InChI=1S/C13H21N3S/c1-10-5-4-6-11(15-10)9-16(2)12-7-14-8-13(12)17-3/h4-6,12-14H,7-9H2,1-3H3. The van der Waals surface area contributed by atoms with Crippen molar-refractivity contribution in [2.45, 2.75) is 24.8 Å². The second-order valence-electron chi connectivity index (χ2n) is 4.69. The number of hydrogen-bond donors (Lipinski definition) is 1. The predicted octanol–water partition coefficient (Wildman–Crippen LogP) is 1.53. The first-order valence-electron chi connectivity index (χ1n) is 6.07. The molecule has 0 amide bonds. The molecule has 2 heterocycles. The van der Waals surface area contributed by atoms with Gasteiger partial charge in [-0.25, -0.2) is 0 Å². The van der Waals surface area contributed by atoms with Gasteiger partial charge >= 0.3 is 0 Å². The van der Waals surface area contributed by atoms with Gasteiger partial charge in [0.2, 0.25) is 0 Å². The molecule has 4 heteroatoms. The van der Waals surface area contributed by atoms with Crippen molar-refractivity contribution in [2.24, 2.45) is 0 Å². The summed E-state index contributed by atoms with van der Waals surface area (Å²) in [6.07, 6.45) is 2.20. The molecule has 0 radical (unpaired) electrons. The third-order valence-corrected chi connectivity index (χ3v) is 4.44. The lowest BCUT2D eigenvalue weighted by molar-refractivity contribution is 0.250. The molecule has 0 bridgehead atoms. The van der Waals surface area contributed by atoms with Gasteiger partial charge in [0.1, 0.15) is 0 Å². The molecule has 0 aliphatic carbocycles. The molecular formula is C13H21N3S. The van der Waals surface area contributed by atoms with Crippen LogP contribution in [-0.4, -0.2) is 47.6 Å². The highest BCUT2D eigenvalue weighted by Gasteiger charge is 2.29. The van der Waals surface area contributed by atoms with E-state index in [1.165, 1.54) is 5.69 Å². The number of aromatic nitrogens is 1. The maximum absolute atomic E-state index is 4.57. The van der Waals surface area contributed by atoms with Crippen molar-refractivity contribution in [3.8, 4) is 0 Å². The van der Waals surface area contributed by atoms with Crippen molar-refractivity contribution in [1.82, 2.24) is 15.2 Å². The molecule has 17 heavy (non-hydrogen) atoms. The Kier molecular flexibility index (Phi) is 4.42. The lowest BCUT2D eigenvalue weighted by atomic mass is 10.2. The molecule has 1 aliphatic rings. The van der Waals surface area contributed by atoms with E-state index in [1.54, 1.807) is 0 Å². The highest BCUT2D eigenvalue weighted by atomic mass is 32.2. The molecule has 1 N–H and O–H groups in total. The van der Waals surface area contributed by atoms with Crippen LogP contribution < -0.4 is 5.32 Å². The first-order chi connectivity index (χ1) is 8.20. The molecule has 2 unspecified atom stereocenters. The minimum absolute atomic E-state index is 0.618. The SMILES string of the molecule is CSC1CNCC1N(C)Cc1cccc(C)n1. The second-order valence-corrected chi connectivity index (χ2v) is 5.76. The smallest absolute Gasteiger partial charge is 0.0547 e. The van der Waals surface area contributed by atoms with E-state index in [0.717, 1.165) is 25.3 Å². The van der Waals surface area contributed by atoms with E-state index in [2.05, 4.69) is 40.6 Å². The fourth-order valence-electron chi connectivity index (χ4n) is 2.38. The van der Waals surface area contributed by atoms with Crippen molar-refractivity contribution in [3.05, 3.63) is 29.6 Å². The zero-order chi connectivity index (χ0) is 12.3. The predicted molar refractivity (Wildman–Crippen MR) is 74.4 cm³/mol. The van der Waals surface area contributed by atoms with E-state index in [1.807, 2.05) is 24.8 Å². The fourth-order valence-corrected chi connectivity index (χ4v) is 3.28. The third kappa shape index (κ3) is 3.21. The van der Waals surface area contributed by atoms with Crippen LogP contribution in [-0.2, 0) is 6.54 Å². The molecule has 1 aromatic rings. The molecule has 1 aromatic heterocycles. The van der Waals surface area contributed by atoms with Crippen LogP contribution in [0.1, 0.15) is 11.4 Å². The van der Waals surface area contributed by atoms with Gasteiger partial charge in [0.05, 0.1) is 5.69 Å². The summed E-state index contributed by atoms with van der Waals surface area (Å²) in [6.45, 7) is 5.20. The number of rotatable bonds is 4. The highest BCUT2D eigenvalue weighted by Crippen LogP contribution is 2.20. The summed E-state index contributed by atoms with van der Waals surface area (Å²) in [6, 6.07) is 6.86. The highest BCUT2D eigenvalue weighted by molar-refractivity contribution is 7.99. The molecule has 1 aliphatic heterocycles. The number of nitrogens with one attached hydrogen (secondary N) is 1. The number of thioether (sulfide) groups is 1. The van der Waals surface area contributed by atoms with E-state index in [4.69, 9.17) is 0 Å². The Morgan fingerprint density at radius 1 is 1.47 bits per heavy atom. The average molecular weight is 251 g/mol. The Balaban J connectivity index is 1.99. The molecule has 94 valence electrons. The minimum Gasteiger partial charge on any atom is -0.314 e. The van der Waals surface area contributed by atoms with Crippen molar-refractivity contribution in [2.75, 3.05) is 26.4 Å². The number of pyridine rings is 1. The Bertz CT molecular complexity index is 369. The van der Waals surface area contributed by atoms with Crippen LogP contribution in [0.4, 0.5) is 0 Å². The summed E-state index contributed by atoms with van der Waals surface area (Å²) in [5.74, 6) is 0. The monoisotopic (exact) mass is 251 g/mol. The van der Waals surface area contributed by atoms with Gasteiger partial charge in [0.25, 0.3) is 0 Å². The lowest BCUT2D eigenvalue weighted by Gasteiger charge is -2.27. The minimum atomic E-state index is 0.618. The molecule has 0 saturated carbocycles. The van der Waals surface area contributed by atoms with Gasteiger partial charge < -0.3 is 5.32 Å². The summed E-state index contributed by atoms with van der Waals surface area (Å²) in [5.41, 5.74) is 2.26. The molecular weight excluding hydrogens is 230 g/mol. The number of hydrogen-bond acceptors (Lipinski definition) is 4. The molecule has 2 atom stereocenters.